The number of H-pyrrole nitrogens is 1. The Kier molecular flexibility index (Phi) is 4.81. The average molecular weight is 278 g/mol. The Hall–Kier alpha value is -1.36. The highest BCUT2D eigenvalue weighted by atomic mass is 16.2. The number of hydrogen-bond acceptors (Lipinski definition) is 3. The predicted molar refractivity (Wildman–Crippen MR) is 79.9 cm³/mol. The van der Waals surface area contributed by atoms with E-state index in [-0.39, 0.29) is 5.91 Å². The first-order valence-corrected chi connectivity index (χ1v) is 7.56. The van der Waals surface area contributed by atoms with Crippen LogP contribution in [0.2, 0.25) is 0 Å². The molecule has 2 N–H and O–H groups in total. The molecular weight excluding hydrogens is 252 g/mol. The van der Waals surface area contributed by atoms with Crippen LogP contribution in [0.25, 0.3) is 0 Å². The third-order valence-corrected chi connectivity index (χ3v) is 4.40. The minimum atomic E-state index is 0.0978. The molecule has 0 saturated heterocycles. The van der Waals surface area contributed by atoms with Crippen molar-refractivity contribution in [2.24, 2.45) is 0 Å². The molecule has 5 heteroatoms. The van der Waals surface area contributed by atoms with Gasteiger partial charge in [-0.15, -0.1) is 0 Å². The number of carbonyl (C=O) groups excluding carboxylic acids is 1. The van der Waals surface area contributed by atoms with Crippen LogP contribution in [-0.2, 0) is 0 Å². The van der Waals surface area contributed by atoms with Crippen LogP contribution in [0.3, 0.4) is 0 Å². The van der Waals surface area contributed by atoms with Crippen molar-refractivity contribution < 1.29 is 4.79 Å². The van der Waals surface area contributed by atoms with Crippen LogP contribution in [0.4, 0.5) is 0 Å². The second-order valence-corrected chi connectivity index (χ2v) is 5.79. The van der Waals surface area contributed by atoms with E-state index in [0.29, 0.717) is 12.1 Å². The number of aromatic nitrogens is 2. The zero-order valence-electron chi connectivity index (χ0n) is 13.0. The van der Waals surface area contributed by atoms with Gasteiger partial charge in [-0.05, 0) is 46.1 Å². The molecule has 1 aromatic rings. The average Bonchev–Trinajstić information content (AvgIpc) is 2.78. The fourth-order valence-corrected chi connectivity index (χ4v) is 3.16. The van der Waals surface area contributed by atoms with Gasteiger partial charge in [0.2, 0.25) is 0 Å². The second kappa shape index (κ2) is 6.39. The lowest BCUT2D eigenvalue weighted by Crippen LogP contribution is -2.43. The zero-order valence-corrected chi connectivity index (χ0v) is 13.0. The van der Waals surface area contributed by atoms with Gasteiger partial charge in [-0.25, -0.2) is 0 Å². The maximum Gasteiger partial charge on any atom is 0.257 e. The van der Waals surface area contributed by atoms with Crippen molar-refractivity contribution in [2.75, 3.05) is 13.6 Å². The molecule has 0 unspecified atom stereocenters. The Morgan fingerprint density at radius 3 is 2.50 bits per heavy atom. The van der Waals surface area contributed by atoms with E-state index in [1.807, 2.05) is 25.8 Å². The summed E-state index contributed by atoms with van der Waals surface area (Å²) in [7, 11) is 1.92. The number of rotatable bonds is 4. The molecule has 0 radical (unpaired) electrons. The Balaban J connectivity index is 1.98. The standard InChI is InChI=1S/C15H26N4O/c1-5-16-12-6-8-13(9-7-12)19(4)15(20)14-10(2)17-18-11(14)3/h12-13,16H,5-9H2,1-4H3,(H,17,18). The highest BCUT2D eigenvalue weighted by molar-refractivity contribution is 5.96. The van der Waals surface area contributed by atoms with Crippen molar-refractivity contribution in [3.8, 4) is 0 Å². The van der Waals surface area contributed by atoms with Gasteiger partial charge in [0.25, 0.3) is 5.91 Å². The molecule has 0 aromatic carbocycles. The van der Waals surface area contributed by atoms with Gasteiger partial charge in [-0.2, -0.15) is 5.10 Å². The Morgan fingerprint density at radius 2 is 2.00 bits per heavy atom. The van der Waals surface area contributed by atoms with Crippen molar-refractivity contribution in [3.05, 3.63) is 17.0 Å². The van der Waals surface area contributed by atoms with Gasteiger partial charge >= 0.3 is 0 Å². The van der Waals surface area contributed by atoms with Crippen LogP contribution in [-0.4, -0.2) is 46.7 Å². The van der Waals surface area contributed by atoms with E-state index in [1.54, 1.807) is 0 Å². The van der Waals surface area contributed by atoms with Crippen LogP contribution in [0.15, 0.2) is 0 Å². The molecule has 0 bridgehead atoms. The minimum Gasteiger partial charge on any atom is -0.339 e. The summed E-state index contributed by atoms with van der Waals surface area (Å²) < 4.78 is 0. The molecule has 1 aromatic heterocycles. The minimum absolute atomic E-state index is 0.0978. The van der Waals surface area contributed by atoms with Crippen molar-refractivity contribution in [1.82, 2.24) is 20.4 Å². The first-order chi connectivity index (χ1) is 9.54. The molecule has 1 fully saturated rings. The molecule has 20 heavy (non-hydrogen) atoms. The summed E-state index contributed by atoms with van der Waals surface area (Å²) in [4.78, 5) is 14.5. The maximum absolute atomic E-state index is 12.6. The SMILES string of the molecule is CCNC1CCC(N(C)C(=O)c2c(C)n[nH]c2C)CC1. The number of carbonyl (C=O) groups is 1. The smallest absolute Gasteiger partial charge is 0.257 e. The van der Waals surface area contributed by atoms with Crippen molar-refractivity contribution >= 4 is 5.91 Å². The number of nitrogens with zero attached hydrogens (tertiary/aromatic N) is 2. The van der Waals surface area contributed by atoms with Crippen molar-refractivity contribution in [1.29, 1.82) is 0 Å². The van der Waals surface area contributed by atoms with E-state index < -0.39 is 0 Å². The van der Waals surface area contributed by atoms with E-state index in [0.717, 1.165) is 49.2 Å². The maximum atomic E-state index is 12.6. The summed E-state index contributed by atoms with van der Waals surface area (Å²) in [6, 6.07) is 0.975. The summed E-state index contributed by atoms with van der Waals surface area (Å²) in [5.74, 6) is 0.0978. The largest absolute Gasteiger partial charge is 0.339 e. The summed E-state index contributed by atoms with van der Waals surface area (Å²) in [5, 5.41) is 10.5. The first kappa shape index (κ1) is 15.0. The van der Waals surface area contributed by atoms with E-state index >= 15 is 0 Å². The van der Waals surface area contributed by atoms with E-state index in [1.165, 1.54) is 0 Å². The Bertz CT molecular complexity index is 441. The predicted octanol–water partition coefficient (Wildman–Crippen LogP) is 2.02. The number of aryl methyl sites for hydroxylation is 2. The summed E-state index contributed by atoms with van der Waals surface area (Å²) in [6.45, 7) is 6.96. The molecular formula is C15H26N4O. The van der Waals surface area contributed by atoms with Crippen LogP contribution in [0.1, 0.15) is 54.4 Å². The molecule has 1 heterocycles. The molecule has 5 nitrogen and oxygen atoms in total. The molecule has 0 aliphatic heterocycles. The summed E-state index contributed by atoms with van der Waals surface area (Å²) >= 11 is 0. The van der Waals surface area contributed by atoms with Crippen molar-refractivity contribution in [2.45, 2.75) is 58.5 Å². The lowest BCUT2D eigenvalue weighted by molar-refractivity contribution is 0.0683. The number of aromatic amines is 1. The van der Waals surface area contributed by atoms with E-state index in [4.69, 9.17) is 0 Å². The molecule has 2 rings (SSSR count). The normalized spacial score (nSPS) is 22.8. The number of hydrogen-bond donors (Lipinski definition) is 2. The lowest BCUT2D eigenvalue weighted by atomic mass is 9.90. The number of amides is 1. The highest BCUT2D eigenvalue weighted by Gasteiger charge is 2.28. The van der Waals surface area contributed by atoms with Crippen LogP contribution >= 0.6 is 0 Å². The third-order valence-electron chi connectivity index (χ3n) is 4.40. The van der Waals surface area contributed by atoms with Gasteiger partial charge in [0.05, 0.1) is 11.3 Å². The van der Waals surface area contributed by atoms with Gasteiger partial charge < -0.3 is 10.2 Å². The second-order valence-electron chi connectivity index (χ2n) is 5.79. The Labute approximate surface area is 121 Å². The summed E-state index contributed by atoms with van der Waals surface area (Å²) in [5.41, 5.74) is 2.39. The Morgan fingerprint density at radius 1 is 1.35 bits per heavy atom. The topological polar surface area (TPSA) is 61.0 Å². The summed E-state index contributed by atoms with van der Waals surface area (Å²) in [6.07, 6.45) is 4.46. The van der Waals surface area contributed by atoms with Crippen molar-refractivity contribution in [3.63, 3.8) is 0 Å². The molecule has 1 amide bonds. The molecule has 112 valence electrons. The monoisotopic (exact) mass is 278 g/mol. The van der Waals surface area contributed by atoms with Gasteiger partial charge in [0.1, 0.15) is 0 Å². The lowest BCUT2D eigenvalue weighted by Gasteiger charge is -2.35. The molecule has 1 saturated carbocycles. The molecule has 1 aliphatic rings. The molecule has 0 spiro atoms. The van der Waals surface area contributed by atoms with Gasteiger partial charge in [0, 0.05) is 24.8 Å². The molecule has 0 atom stereocenters. The highest BCUT2D eigenvalue weighted by Crippen LogP contribution is 2.24. The first-order valence-electron chi connectivity index (χ1n) is 7.56. The zero-order chi connectivity index (χ0) is 14.7. The van der Waals surface area contributed by atoms with Gasteiger partial charge in [0.15, 0.2) is 0 Å². The van der Waals surface area contributed by atoms with Gasteiger partial charge in [-0.1, -0.05) is 6.92 Å². The van der Waals surface area contributed by atoms with E-state index in [9.17, 15) is 4.79 Å². The van der Waals surface area contributed by atoms with Crippen LogP contribution in [0, 0.1) is 13.8 Å². The third kappa shape index (κ3) is 3.03. The quantitative estimate of drug-likeness (QED) is 0.886. The number of nitrogens with one attached hydrogen (secondary N) is 2. The van der Waals surface area contributed by atoms with E-state index in [2.05, 4.69) is 22.4 Å². The van der Waals surface area contributed by atoms with Crippen LogP contribution < -0.4 is 5.32 Å². The fourth-order valence-electron chi connectivity index (χ4n) is 3.16. The van der Waals surface area contributed by atoms with Crippen LogP contribution in [0.5, 0.6) is 0 Å². The molecule has 1 aliphatic carbocycles. The van der Waals surface area contributed by atoms with Gasteiger partial charge in [-0.3, -0.25) is 9.89 Å². The fraction of sp³-hybridized carbons (Fsp3) is 0.733.